The summed E-state index contributed by atoms with van der Waals surface area (Å²) in [6.45, 7) is 1.18. The number of rotatable bonds is 0. The molecule has 0 atom stereocenters. The molecule has 88 valence electrons. The molecule has 2 rings (SSSR count). The highest BCUT2D eigenvalue weighted by Crippen LogP contribution is 2.36. The van der Waals surface area contributed by atoms with Gasteiger partial charge < -0.3 is 10.6 Å². The molecule has 0 unspecified atom stereocenters. The molecule has 1 aromatic rings. The van der Waals surface area contributed by atoms with Crippen LogP contribution in [-0.2, 0) is 19.1 Å². The Hall–Kier alpha value is -1.23. The van der Waals surface area contributed by atoms with E-state index in [-0.39, 0.29) is 5.69 Å². The number of nitrogens with zero attached hydrogens (tertiary/aromatic N) is 1. The second-order valence-corrected chi connectivity index (χ2v) is 4.19. The summed E-state index contributed by atoms with van der Waals surface area (Å²) in [5.74, 6) is 0. The van der Waals surface area contributed by atoms with Gasteiger partial charge in [0.15, 0.2) is 0 Å². The molecule has 0 aliphatic carbocycles. The van der Waals surface area contributed by atoms with Crippen molar-refractivity contribution in [2.75, 3.05) is 19.3 Å². The van der Waals surface area contributed by atoms with Crippen LogP contribution in [0, 0.1) is 0 Å². The van der Waals surface area contributed by atoms with E-state index < -0.39 is 11.7 Å². The standard InChI is InChI=1S/C11H13F3N2/c1-16-3-2-9-7(6-16)4-8(15)5-10(9)11(12,13)14/h4-5H,2-3,6,15H2,1H3. The van der Waals surface area contributed by atoms with Gasteiger partial charge in [-0.1, -0.05) is 0 Å². The zero-order chi connectivity index (χ0) is 11.9. The van der Waals surface area contributed by atoms with Crippen molar-refractivity contribution < 1.29 is 13.2 Å². The molecule has 0 radical (unpaired) electrons. The number of likely N-dealkylation sites (N-methyl/N-ethyl adjacent to an activating group) is 1. The van der Waals surface area contributed by atoms with Crippen molar-refractivity contribution >= 4 is 5.69 Å². The predicted octanol–water partition coefficient (Wildman–Crippen LogP) is 2.28. The molecule has 5 heteroatoms. The van der Waals surface area contributed by atoms with Crippen LogP contribution in [0.2, 0.25) is 0 Å². The third-order valence-corrected chi connectivity index (χ3v) is 2.85. The van der Waals surface area contributed by atoms with Crippen LogP contribution in [-0.4, -0.2) is 18.5 Å². The van der Waals surface area contributed by atoms with Crippen molar-refractivity contribution in [3.05, 3.63) is 28.8 Å². The highest BCUT2D eigenvalue weighted by atomic mass is 19.4. The zero-order valence-electron chi connectivity index (χ0n) is 8.93. The van der Waals surface area contributed by atoms with E-state index in [1.54, 1.807) is 6.07 Å². The van der Waals surface area contributed by atoms with Crippen LogP contribution in [0.1, 0.15) is 16.7 Å². The van der Waals surface area contributed by atoms with Crippen molar-refractivity contribution in [1.29, 1.82) is 0 Å². The fourth-order valence-electron chi connectivity index (χ4n) is 2.12. The van der Waals surface area contributed by atoms with E-state index in [9.17, 15) is 13.2 Å². The summed E-state index contributed by atoms with van der Waals surface area (Å²) in [6, 6.07) is 2.67. The second kappa shape index (κ2) is 3.66. The quantitative estimate of drug-likeness (QED) is 0.693. The van der Waals surface area contributed by atoms with Gasteiger partial charge in [-0.05, 0) is 36.7 Å². The molecule has 2 nitrogen and oxygen atoms in total. The van der Waals surface area contributed by atoms with Gasteiger partial charge in [-0.15, -0.1) is 0 Å². The second-order valence-electron chi connectivity index (χ2n) is 4.19. The van der Waals surface area contributed by atoms with Gasteiger partial charge >= 0.3 is 6.18 Å². The molecular weight excluding hydrogens is 217 g/mol. The van der Waals surface area contributed by atoms with E-state index >= 15 is 0 Å². The van der Waals surface area contributed by atoms with E-state index in [0.717, 1.165) is 6.07 Å². The SMILES string of the molecule is CN1CCc2c(cc(N)cc2C(F)(F)F)C1. The molecule has 0 amide bonds. The third kappa shape index (κ3) is 2.00. The van der Waals surface area contributed by atoms with Gasteiger partial charge in [0, 0.05) is 18.8 Å². The summed E-state index contributed by atoms with van der Waals surface area (Å²) < 4.78 is 38.4. The molecular formula is C11H13F3N2. The van der Waals surface area contributed by atoms with Crippen molar-refractivity contribution in [3.63, 3.8) is 0 Å². The van der Waals surface area contributed by atoms with Gasteiger partial charge in [0.05, 0.1) is 5.56 Å². The first-order chi connectivity index (χ1) is 7.38. The molecule has 16 heavy (non-hydrogen) atoms. The minimum atomic E-state index is -4.31. The zero-order valence-corrected chi connectivity index (χ0v) is 8.93. The van der Waals surface area contributed by atoms with Crippen LogP contribution in [0.3, 0.4) is 0 Å². The first-order valence-electron chi connectivity index (χ1n) is 5.05. The first-order valence-corrected chi connectivity index (χ1v) is 5.05. The first kappa shape index (κ1) is 11.3. The smallest absolute Gasteiger partial charge is 0.399 e. The van der Waals surface area contributed by atoms with Crippen molar-refractivity contribution in [1.82, 2.24) is 4.90 Å². The molecule has 1 aliphatic rings. The minimum Gasteiger partial charge on any atom is -0.399 e. The molecule has 1 heterocycles. The van der Waals surface area contributed by atoms with Gasteiger partial charge in [0.2, 0.25) is 0 Å². The summed E-state index contributed by atoms with van der Waals surface area (Å²) in [5.41, 5.74) is 6.21. The average Bonchev–Trinajstić information content (AvgIpc) is 2.14. The lowest BCUT2D eigenvalue weighted by Crippen LogP contribution is -2.28. The fourth-order valence-corrected chi connectivity index (χ4v) is 2.12. The molecule has 0 bridgehead atoms. The number of nitrogens with two attached hydrogens (primary N) is 1. The number of benzene rings is 1. The minimum absolute atomic E-state index is 0.182. The molecule has 2 N–H and O–H groups in total. The number of anilines is 1. The van der Waals surface area contributed by atoms with E-state index in [1.807, 2.05) is 11.9 Å². The maximum absolute atomic E-state index is 12.8. The lowest BCUT2D eigenvalue weighted by Gasteiger charge is -2.27. The maximum atomic E-state index is 12.8. The lowest BCUT2D eigenvalue weighted by molar-refractivity contribution is -0.138. The monoisotopic (exact) mass is 230 g/mol. The van der Waals surface area contributed by atoms with Crippen LogP contribution in [0.5, 0.6) is 0 Å². The maximum Gasteiger partial charge on any atom is 0.416 e. The number of fused-ring (bicyclic) bond motifs is 1. The highest BCUT2D eigenvalue weighted by molar-refractivity contribution is 5.51. The Kier molecular flexibility index (Phi) is 2.58. The average molecular weight is 230 g/mol. The van der Waals surface area contributed by atoms with E-state index in [4.69, 9.17) is 5.73 Å². The van der Waals surface area contributed by atoms with Crippen LogP contribution in [0.25, 0.3) is 0 Å². The van der Waals surface area contributed by atoms with Crippen molar-refractivity contribution in [2.24, 2.45) is 0 Å². The largest absolute Gasteiger partial charge is 0.416 e. The number of hydrogen-bond donors (Lipinski definition) is 1. The van der Waals surface area contributed by atoms with Crippen LogP contribution in [0.4, 0.5) is 18.9 Å². The van der Waals surface area contributed by atoms with E-state index in [1.165, 1.54) is 0 Å². The van der Waals surface area contributed by atoms with Crippen LogP contribution < -0.4 is 5.73 Å². The number of hydrogen-bond acceptors (Lipinski definition) is 2. The Morgan fingerprint density at radius 2 is 2.00 bits per heavy atom. The molecule has 0 aromatic heterocycles. The topological polar surface area (TPSA) is 29.3 Å². The van der Waals surface area contributed by atoms with Crippen molar-refractivity contribution in [2.45, 2.75) is 19.1 Å². The Bertz CT molecular complexity index is 412. The molecule has 1 aliphatic heterocycles. The molecule has 1 aromatic carbocycles. The Balaban J connectivity index is 2.54. The summed E-state index contributed by atoms with van der Waals surface area (Å²) >= 11 is 0. The molecule has 0 fully saturated rings. The normalized spacial score (nSPS) is 17.2. The summed E-state index contributed by atoms with van der Waals surface area (Å²) in [4.78, 5) is 1.99. The Morgan fingerprint density at radius 1 is 1.31 bits per heavy atom. The molecule has 0 saturated carbocycles. The molecule has 0 saturated heterocycles. The summed E-state index contributed by atoms with van der Waals surface area (Å²) in [6.07, 6.45) is -3.88. The van der Waals surface area contributed by atoms with Crippen LogP contribution in [0.15, 0.2) is 12.1 Å². The van der Waals surface area contributed by atoms with Crippen molar-refractivity contribution in [3.8, 4) is 0 Å². The summed E-state index contributed by atoms with van der Waals surface area (Å²) in [7, 11) is 1.89. The van der Waals surface area contributed by atoms with Gasteiger partial charge in [-0.3, -0.25) is 0 Å². The van der Waals surface area contributed by atoms with Gasteiger partial charge in [0.25, 0.3) is 0 Å². The van der Waals surface area contributed by atoms with E-state index in [2.05, 4.69) is 0 Å². The lowest BCUT2D eigenvalue weighted by atomic mass is 9.93. The predicted molar refractivity (Wildman–Crippen MR) is 55.9 cm³/mol. The number of halogens is 3. The third-order valence-electron chi connectivity index (χ3n) is 2.85. The molecule has 0 spiro atoms. The van der Waals surface area contributed by atoms with Crippen LogP contribution >= 0.6 is 0 Å². The van der Waals surface area contributed by atoms with Gasteiger partial charge in [0.1, 0.15) is 0 Å². The highest BCUT2D eigenvalue weighted by Gasteiger charge is 2.35. The Labute approximate surface area is 91.8 Å². The van der Waals surface area contributed by atoms with Gasteiger partial charge in [-0.2, -0.15) is 13.2 Å². The summed E-state index contributed by atoms with van der Waals surface area (Å²) in [5, 5.41) is 0. The van der Waals surface area contributed by atoms with Gasteiger partial charge in [-0.25, -0.2) is 0 Å². The Morgan fingerprint density at radius 3 is 2.62 bits per heavy atom. The number of alkyl halides is 3. The fraction of sp³-hybridized carbons (Fsp3) is 0.455. The number of nitrogen functional groups attached to an aromatic ring is 1. The van der Waals surface area contributed by atoms with E-state index in [0.29, 0.717) is 30.6 Å².